The van der Waals surface area contributed by atoms with Crippen LogP contribution in [0.2, 0.25) is 0 Å². The van der Waals surface area contributed by atoms with Gasteiger partial charge >= 0.3 is 0 Å². The molecule has 7 nitrogen and oxygen atoms in total. The normalized spacial score (nSPS) is 15.8. The summed E-state index contributed by atoms with van der Waals surface area (Å²) in [6.45, 7) is 1.95. The number of rotatable bonds is 3. The maximum Gasteiger partial charge on any atom is 0.277 e. The maximum absolute atomic E-state index is 12.3. The number of hydrogen-bond acceptors (Lipinski definition) is 6. The van der Waals surface area contributed by atoms with Crippen LogP contribution in [0.4, 0.5) is 5.69 Å². The largest absolute Gasteiger partial charge is 0.320 e. The molecule has 8 heteroatoms. The molecule has 3 heterocycles. The van der Waals surface area contributed by atoms with Gasteiger partial charge in [0.05, 0.1) is 28.0 Å². The van der Waals surface area contributed by atoms with E-state index in [0.29, 0.717) is 11.7 Å². The molecule has 2 N–H and O–H groups in total. The van der Waals surface area contributed by atoms with Crippen LogP contribution < -0.4 is 10.6 Å². The summed E-state index contributed by atoms with van der Waals surface area (Å²) in [6, 6.07) is 5.98. The molecule has 1 amide bonds. The highest BCUT2D eigenvalue weighted by atomic mass is 32.1. The van der Waals surface area contributed by atoms with Crippen LogP contribution in [0.15, 0.2) is 29.9 Å². The minimum atomic E-state index is -0.242. The Morgan fingerprint density at radius 2 is 2.22 bits per heavy atom. The average molecular weight is 328 g/mol. The fourth-order valence-corrected chi connectivity index (χ4v) is 3.47. The average Bonchev–Trinajstić information content (AvgIpc) is 3.24. The van der Waals surface area contributed by atoms with Gasteiger partial charge in [-0.15, -0.1) is 16.4 Å². The van der Waals surface area contributed by atoms with Gasteiger partial charge in [0, 0.05) is 5.69 Å². The van der Waals surface area contributed by atoms with Crippen LogP contribution in [0, 0.1) is 0 Å². The summed E-state index contributed by atoms with van der Waals surface area (Å²) in [6.07, 6.45) is 3.75. The molecule has 1 saturated heterocycles. The van der Waals surface area contributed by atoms with Crippen LogP contribution in [0.5, 0.6) is 0 Å². The third-order valence-electron chi connectivity index (χ3n) is 4.01. The second-order valence-electron chi connectivity index (χ2n) is 5.55. The Hall–Kier alpha value is -2.32. The lowest BCUT2D eigenvalue weighted by molar-refractivity contribution is 0.102. The van der Waals surface area contributed by atoms with Gasteiger partial charge in [0.2, 0.25) is 0 Å². The minimum absolute atomic E-state index is 0.242. The van der Waals surface area contributed by atoms with Crippen molar-refractivity contribution in [3.05, 3.63) is 35.6 Å². The molecule has 1 aliphatic heterocycles. The second kappa shape index (κ2) is 6.05. The van der Waals surface area contributed by atoms with Crippen molar-refractivity contribution < 1.29 is 4.79 Å². The number of carbonyl (C=O) groups excluding carboxylic acids is 1. The molecule has 0 bridgehead atoms. The molecule has 0 radical (unpaired) electrons. The summed E-state index contributed by atoms with van der Waals surface area (Å²) in [4.78, 5) is 16.6. The molecule has 1 aromatic carbocycles. The van der Waals surface area contributed by atoms with E-state index in [-0.39, 0.29) is 5.91 Å². The van der Waals surface area contributed by atoms with E-state index >= 15 is 0 Å². The molecule has 0 spiro atoms. The fourth-order valence-electron chi connectivity index (χ4n) is 2.76. The van der Waals surface area contributed by atoms with Crippen molar-refractivity contribution in [2.75, 3.05) is 18.4 Å². The first-order valence-corrected chi connectivity index (χ1v) is 8.45. The lowest BCUT2D eigenvalue weighted by Gasteiger charge is -2.22. The molecule has 0 aliphatic carbocycles. The van der Waals surface area contributed by atoms with E-state index in [1.807, 2.05) is 22.9 Å². The number of carbonyl (C=O) groups is 1. The molecule has 1 aliphatic rings. The summed E-state index contributed by atoms with van der Waals surface area (Å²) in [5.41, 5.74) is 3.81. The number of fused-ring (bicyclic) bond motifs is 1. The molecule has 0 atom stereocenters. The number of nitrogens with zero attached hydrogens (tertiary/aromatic N) is 4. The van der Waals surface area contributed by atoms with Gasteiger partial charge in [-0.1, -0.05) is 5.21 Å². The SMILES string of the molecule is O=C(Nc1ccc2ncsc2c1)c1cn(C2CCNCC2)nn1. The van der Waals surface area contributed by atoms with E-state index in [2.05, 4.69) is 25.9 Å². The third kappa shape index (κ3) is 2.95. The number of benzene rings is 1. The predicted octanol–water partition coefficient (Wildman–Crippen LogP) is 2.06. The molecule has 118 valence electrons. The highest BCUT2D eigenvalue weighted by Gasteiger charge is 2.18. The summed E-state index contributed by atoms with van der Waals surface area (Å²) >= 11 is 1.55. The number of thiazole rings is 1. The van der Waals surface area contributed by atoms with Crippen molar-refractivity contribution in [1.82, 2.24) is 25.3 Å². The summed E-state index contributed by atoms with van der Waals surface area (Å²) in [7, 11) is 0. The topological polar surface area (TPSA) is 84.7 Å². The first-order chi connectivity index (χ1) is 11.3. The number of anilines is 1. The van der Waals surface area contributed by atoms with Gasteiger partial charge in [-0.05, 0) is 44.1 Å². The lowest BCUT2D eigenvalue weighted by atomic mass is 10.1. The zero-order valence-electron chi connectivity index (χ0n) is 12.4. The van der Waals surface area contributed by atoms with Gasteiger partial charge < -0.3 is 10.6 Å². The number of aromatic nitrogens is 4. The van der Waals surface area contributed by atoms with Crippen LogP contribution in [-0.4, -0.2) is 39.0 Å². The number of amides is 1. The lowest BCUT2D eigenvalue weighted by Crippen LogP contribution is -2.29. The summed E-state index contributed by atoms with van der Waals surface area (Å²) in [5.74, 6) is -0.242. The monoisotopic (exact) mass is 328 g/mol. The van der Waals surface area contributed by atoms with Crippen LogP contribution in [-0.2, 0) is 0 Å². The van der Waals surface area contributed by atoms with Crippen molar-refractivity contribution in [3.8, 4) is 0 Å². The molecular weight excluding hydrogens is 312 g/mol. The zero-order chi connectivity index (χ0) is 15.6. The Morgan fingerprint density at radius 3 is 3.09 bits per heavy atom. The van der Waals surface area contributed by atoms with Gasteiger partial charge in [0.25, 0.3) is 5.91 Å². The highest BCUT2D eigenvalue weighted by molar-refractivity contribution is 7.16. The van der Waals surface area contributed by atoms with Gasteiger partial charge in [-0.2, -0.15) is 0 Å². The van der Waals surface area contributed by atoms with Gasteiger partial charge in [0.1, 0.15) is 0 Å². The Bertz CT molecular complexity index is 835. The van der Waals surface area contributed by atoms with E-state index < -0.39 is 0 Å². The predicted molar refractivity (Wildman–Crippen MR) is 88.7 cm³/mol. The fraction of sp³-hybridized carbons (Fsp3) is 0.333. The summed E-state index contributed by atoms with van der Waals surface area (Å²) < 4.78 is 2.85. The first kappa shape index (κ1) is 14.3. The first-order valence-electron chi connectivity index (χ1n) is 7.57. The minimum Gasteiger partial charge on any atom is -0.320 e. The van der Waals surface area contributed by atoms with E-state index in [1.54, 1.807) is 23.0 Å². The molecule has 23 heavy (non-hydrogen) atoms. The Labute approximate surface area is 136 Å². The van der Waals surface area contributed by atoms with Crippen molar-refractivity contribution in [2.24, 2.45) is 0 Å². The summed E-state index contributed by atoms with van der Waals surface area (Å²) in [5, 5.41) is 14.3. The smallest absolute Gasteiger partial charge is 0.277 e. The molecule has 1 fully saturated rings. The van der Waals surface area contributed by atoms with Gasteiger partial charge in [-0.25, -0.2) is 9.67 Å². The number of piperidine rings is 1. The quantitative estimate of drug-likeness (QED) is 0.769. The highest BCUT2D eigenvalue weighted by Crippen LogP contribution is 2.22. The van der Waals surface area contributed by atoms with Crippen molar-refractivity contribution in [2.45, 2.75) is 18.9 Å². The number of nitrogens with one attached hydrogen (secondary N) is 2. The van der Waals surface area contributed by atoms with Crippen LogP contribution in [0.1, 0.15) is 29.4 Å². The Balaban J connectivity index is 1.49. The van der Waals surface area contributed by atoms with E-state index in [1.165, 1.54) is 0 Å². The molecule has 0 saturated carbocycles. The standard InChI is InChI=1S/C15H16N6OS/c22-15(18-10-1-2-12-14(7-10)23-9-17-12)13-8-21(20-19-13)11-3-5-16-6-4-11/h1-2,7-9,11,16H,3-6H2,(H,18,22). The van der Waals surface area contributed by atoms with Crippen LogP contribution in [0.25, 0.3) is 10.2 Å². The third-order valence-corrected chi connectivity index (χ3v) is 4.81. The zero-order valence-corrected chi connectivity index (χ0v) is 13.2. The number of hydrogen-bond donors (Lipinski definition) is 2. The van der Waals surface area contributed by atoms with Crippen molar-refractivity contribution in [1.29, 1.82) is 0 Å². The van der Waals surface area contributed by atoms with E-state index in [9.17, 15) is 4.79 Å². The van der Waals surface area contributed by atoms with E-state index in [4.69, 9.17) is 0 Å². The molecular formula is C15H16N6OS. The van der Waals surface area contributed by atoms with Crippen molar-refractivity contribution in [3.63, 3.8) is 0 Å². The Kier molecular flexibility index (Phi) is 3.76. The van der Waals surface area contributed by atoms with E-state index in [0.717, 1.165) is 41.8 Å². The molecule has 3 aromatic rings. The molecule has 2 aromatic heterocycles. The Morgan fingerprint density at radius 1 is 1.35 bits per heavy atom. The van der Waals surface area contributed by atoms with Gasteiger partial charge in [0.15, 0.2) is 5.69 Å². The molecule has 4 rings (SSSR count). The second-order valence-corrected chi connectivity index (χ2v) is 6.44. The van der Waals surface area contributed by atoms with Crippen molar-refractivity contribution >= 4 is 33.1 Å². The van der Waals surface area contributed by atoms with Crippen LogP contribution >= 0.6 is 11.3 Å². The van der Waals surface area contributed by atoms with Gasteiger partial charge in [-0.3, -0.25) is 4.79 Å². The maximum atomic E-state index is 12.3. The van der Waals surface area contributed by atoms with Crippen LogP contribution in [0.3, 0.4) is 0 Å². The molecule has 0 unspecified atom stereocenters.